The van der Waals surface area contributed by atoms with Crippen LogP contribution in [0.1, 0.15) is 51.1 Å². The number of carbonyl (C=O) groups excluding carboxylic acids is 2. The minimum absolute atomic E-state index is 0.0165. The van der Waals surface area contributed by atoms with Gasteiger partial charge in [-0.2, -0.15) is 0 Å². The van der Waals surface area contributed by atoms with E-state index in [1.54, 1.807) is 0 Å². The molecule has 0 saturated carbocycles. The normalized spacial score (nSPS) is 19.7. The molecule has 0 aromatic heterocycles. The fraction of sp³-hybridized carbons (Fsp3) is 0.579. The number of nitrogens with zero attached hydrogens (tertiary/aromatic N) is 1. The van der Waals surface area contributed by atoms with Crippen molar-refractivity contribution in [3.8, 4) is 0 Å². The maximum Gasteiger partial charge on any atom is 0.242 e. The van der Waals surface area contributed by atoms with Gasteiger partial charge in [0, 0.05) is 6.54 Å². The summed E-state index contributed by atoms with van der Waals surface area (Å²) in [6, 6.07) is 9.66. The highest BCUT2D eigenvalue weighted by Crippen LogP contribution is 2.29. The monoisotopic (exact) mass is 331 g/mol. The van der Waals surface area contributed by atoms with Crippen LogP contribution in [-0.4, -0.2) is 35.8 Å². The van der Waals surface area contributed by atoms with Crippen LogP contribution in [0.4, 0.5) is 0 Å². The van der Waals surface area contributed by atoms with Gasteiger partial charge in [-0.25, -0.2) is 0 Å². The van der Waals surface area contributed by atoms with Gasteiger partial charge < -0.3 is 16.0 Å². The zero-order valence-electron chi connectivity index (χ0n) is 14.7. The summed E-state index contributed by atoms with van der Waals surface area (Å²) in [4.78, 5) is 26.6. The summed E-state index contributed by atoms with van der Waals surface area (Å²) >= 11 is 0. The molecule has 132 valence electrons. The van der Waals surface area contributed by atoms with Crippen molar-refractivity contribution in [2.45, 2.75) is 51.6 Å². The quantitative estimate of drug-likeness (QED) is 0.869. The number of carbonyl (C=O) groups is 2. The van der Waals surface area contributed by atoms with Crippen LogP contribution in [0.15, 0.2) is 30.3 Å². The van der Waals surface area contributed by atoms with Crippen LogP contribution in [0, 0.1) is 5.92 Å². The largest absolute Gasteiger partial charge is 0.346 e. The van der Waals surface area contributed by atoms with Crippen molar-refractivity contribution in [2.24, 2.45) is 11.7 Å². The lowest BCUT2D eigenvalue weighted by Crippen LogP contribution is -2.48. The van der Waals surface area contributed by atoms with Crippen LogP contribution in [-0.2, 0) is 9.59 Å². The predicted octanol–water partition coefficient (Wildman–Crippen LogP) is 2.23. The molecule has 5 nitrogen and oxygen atoms in total. The lowest BCUT2D eigenvalue weighted by atomic mass is 10.0. The van der Waals surface area contributed by atoms with Gasteiger partial charge >= 0.3 is 0 Å². The van der Waals surface area contributed by atoms with Gasteiger partial charge in [-0.05, 0) is 24.3 Å². The third kappa shape index (κ3) is 4.81. The van der Waals surface area contributed by atoms with Crippen molar-refractivity contribution in [3.05, 3.63) is 35.9 Å². The van der Waals surface area contributed by atoms with Crippen molar-refractivity contribution >= 4 is 11.8 Å². The van der Waals surface area contributed by atoms with Crippen molar-refractivity contribution in [1.82, 2.24) is 10.2 Å². The second-order valence-corrected chi connectivity index (χ2v) is 6.85. The molecular weight excluding hydrogens is 302 g/mol. The SMILES string of the molecule is CC(C)[C@H](N)C(=O)NCC(=O)N1CCCCCC1c1ccccc1. The molecule has 1 saturated heterocycles. The van der Waals surface area contributed by atoms with Crippen LogP contribution in [0.25, 0.3) is 0 Å². The van der Waals surface area contributed by atoms with Crippen LogP contribution < -0.4 is 11.1 Å². The van der Waals surface area contributed by atoms with Crippen molar-refractivity contribution < 1.29 is 9.59 Å². The highest BCUT2D eigenvalue weighted by atomic mass is 16.2. The summed E-state index contributed by atoms with van der Waals surface area (Å²) in [5.74, 6) is -0.241. The fourth-order valence-corrected chi connectivity index (χ4v) is 3.11. The Balaban J connectivity index is 2.03. The number of likely N-dealkylation sites (tertiary alicyclic amines) is 1. The smallest absolute Gasteiger partial charge is 0.242 e. The molecule has 1 fully saturated rings. The molecule has 24 heavy (non-hydrogen) atoms. The first-order valence-electron chi connectivity index (χ1n) is 8.88. The molecule has 1 aliphatic heterocycles. The van der Waals surface area contributed by atoms with Gasteiger partial charge in [0.25, 0.3) is 0 Å². The van der Waals surface area contributed by atoms with Crippen molar-refractivity contribution in [3.63, 3.8) is 0 Å². The number of nitrogens with two attached hydrogens (primary N) is 1. The molecule has 1 aromatic rings. The summed E-state index contributed by atoms with van der Waals surface area (Å²) < 4.78 is 0. The Morgan fingerprint density at radius 3 is 2.58 bits per heavy atom. The molecule has 2 atom stereocenters. The molecule has 2 rings (SSSR count). The number of hydrogen-bond acceptors (Lipinski definition) is 3. The van der Waals surface area contributed by atoms with Crippen LogP contribution >= 0.6 is 0 Å². The van der Waals surface area contributed by atoms with E-state index in [4.69, 9.17) is 5.73 Å². The first kappa shape index (κ1) is 18.5. The third-order valence-corrected chi connectivity index (χ3v) is 4.69. The summed E-state index contributed by atoms with van der Waals surface area (Å²) in [6.45, 7) is 4.55. The fourth-order valence-electron chi connectivity index (χ4n) is 3.11. The topological polar surface area (TPSA) is 75.4 Å². The molecule has 0 bridgehead atoms. The Morgan fingerprint density at radius 2 is 1.92 bits per heavy atom. The zero-order valence-corrected chi connectivity index (χ0v) is 14.7. The molecule has 3 N–H and O–H groups in total. The van der Waals surface area contributed by atoms with Gasteiger partial charge in [0.2, 0.25) is 11.8 Å². The number of nitrogens with one attached hydrogen (secondary N) is 1. The standard InChI is InChI=1S/C19H29N3O2/c1-14(2)18(20)19(24)21-13-17(23)22-12-8-4-7-11-16(22)15-9-5-3-6-10-15/h3,5-6,9-10,14,16,18H,4,7-8,11-13,20H2,1-2H3,(H,21,24)/t16?,18-/m0/s1. The summed E-state index contributed by atoms with van der Waals surface area (Å²) in [7, 11) is 0. The molecule has 1 aromatic carbocycles. The second-order valence-electron chi connectivity index (χ2n) is 6.85. The molecule has 1 heterocycles. The first-order valence-corrected chi connectivity index (χ1v) is 8.88. The van der Waals surface area contributed by atoms with Gasteiger partial charge in [0.15, 0.2) is 0 Å². The van der Waals surface area contributed by atoms with Crippen LogP contribution in [0.3, 0.4) is 0 Å². The van der Waals surface area contributed by atoms with E-state index >= 15 is 0 Å². The lowest BCUT2D eigenvalue weighted by molar-refractivity contribution is -0.135. The van der Waals surface area contributed by atoms with Crippen molar-refractivity contribution in [2.75, 3.05) is 13.1 Å². The maximum absolute atomic E-state index is 12.7. The lowest BCUT2D eigenvalue weighted by Gasteiger charge is -2.31. The Hall–Kier alpha value is -1.88. The maximum atomic E-state index is 12.7. The van der Waals surface area contributed by atoms with E-state index in [2.05, 4.69) is 17.4 Å². The molecular formula is C19H29N3O2. The van der Waals surface area contributed by atoms with E-state index in [0.29, 0.717) is 0 Å². The second kappa shape index (κ2) is 8.83. The predicted molar refractivity (Wildman–Crippen MR) is 95.2 cm³/mol. The highest BCUT2D eigenvalue weighted by Gasteiger charge is 2.27. The molecule has 2 amide bonds. The number of rotatable bonds is 5. The van der Waals surface area contributed by atoms with Gasteiger partial charge in [-0.3, -0.25) is 9.59 Å². The van der Waals surface area contributed by atoms with E-state index in [1.165, 1.54) is 0 Å². The molecule has 1 unspecified atom stereocenters. The summed E-state index contributed by atoms with van der Waals surface area (Å²) in [5.41, 5.74) is 7.00. The van der Waals surface area contributed by atoms with Crippen LogP contribution in [0.2, 0.25) is 0 Å². The van der Waals surface area contributed by atoms with Gasteiger partial charge in [-0.15, -0.1) is 0 Å². The minimum atomic E-state index is -0.577. The van der Waals surface area contributed by atoms with E-state index in [0.717, 1.165) is 37.8 Å². The van der Waals surface area contributed by atoms with E-state index in [1.807, 2.05) is 36.9 Å². The molecule has 1 aliphatic rings. The van der Waals surface area contributed by atoms with Gasteiger partial charge in [0.1, 0.15) is 0 Å². The number of benzene rings is 1. The zero-order chi connectivity index (χ0) is 17.5. The average molecular weight is 331 g/mol. The first-order chi connectivity index (χ1) is 11.5. The van der Waals surface area contributed by atoms with E-state index in [-0.39, 0.29) is 30.3 Å². The molecule has 0 aliphatic carbocycles. The van der Waals surface area contributed by atoms with Crippen molar-refractivity contribution in [1.29, 1.82) is 0 Å². The third-order valence-electron chi connectivity index (χ3n) is 4.69. The van der Waals surface area contributed by atoms with Gasteiger partial charge in [-0.1, -0.05) is 57.0 Å². The highest BCUT2D eigenvalue weighted by molar-refractivity contribution is 5.87. The Morgan fingerprint density at radius 1 is 1.21 bits per heavy atom. The molecule has 0 radical (unpaired) electrons. The van der Waals surface area contributed by atoms with Crippen LogP contribution in [0.5, 0.6) is 0 Å². The Kier molecular flexibility index (Phi) is 6.79. The van der Waals surface area contributed by atoms with E-state index < -0.39 is 6.04 Å². The molecule has 5 heteroatoms. The number of amides is 2. The average Bonchev–Trinajstić information content (AvgIpc) is 2.85. The Bertz CT molecular complexity index is 545. The summed E-state index contributed by atoms with van der Waals surface area (Å²) in [6.07, 6.45) is 4.23. The van der Waals surface area contributed by atoms with E-state index in [9.17, 15) is 9.59 Å². The minimum Gasteiger partial charge on any atom is -0.346 e. The molecule has 0 spiro atoms. The van der Waals surface area contributed by atoms with Gasteiger partial charge in [0.05, 0.1) is 18.6 Å². The number of hydrogen-bond donors (Lipinski definition) is 2. The Labute approximate surface area is 144 Å². The summed E-state index contributed by atoms with van der Waals surface area (Å²) in [5, 5.41) is 2.70.